The highest BCUT2D eigenvalue weighted by molar-refractivity contribution is 5.38. The van der Waals surface area contributed by atoms with Crippen molar-refractivity contribution in [2.24, 2.45) is 0 Å². The molecule has 0 N–H and O–H groups in total. The third kappa shape index (κ3) is 2.98. The second kappa shape index (κ2) is 5.46. The molecule has 0 aliphatic rings. The Kier molecular flexibility index (Phi) is 4.16. The van der Waals surface area contributed by atoms with E-state index in [1.54, 1.807) is 6.07 Å². The summed E-state index contributed by atoms with van der Waals surface area (Å²) in [6, 6.07) is 8.46. The van der Waals surface area contributed by atoms with Crippen LogP contribution < -0.4 is 9.47 Å². The first-order valence-electron chi connectivity index (χ1n) is 4.64. The van der Waals surface area contributed by atoms with Gasteiger partial charge in [0.1, 0.15) is 0 Å². The molecule has 0 unspecified atom stereocenters. The average molecular weight is 179 g/mol. The van der Waals surface area contributed by atoms with Gasteiger partial charge < -0.3 is 9.47 Å². The van der Waals surface area contributed by atoms with Crippen molar-refractivity contribution in [3.63, 3.8) is 0 Å². The van der Waals surface area contributed by atoms with Crippen LogP contribution in [0.25, 0.3) is 0 Å². The molecule has 0 saturated heterocycles. The Morgan fingerprint density at radius 3 is 2.77 bits per heavy atom. The number of benzene rings is 1. The van der Waals surface area contributed by atoms with E-state index in [-0.39, 0.29) is 0 Å². The first-order chi connectivity index (χ1) is 6.38. The molecular weight excluding hydrogens is 164 g/mol. The van der Waals surface area contributed by atoms with Crippen LogP contribution in [-0.4, -0.2) is 13.2 Å². The predicted molar refractivity (Wildman–Crippen MR) is 52.2 cm³/mol. The van der Waals surface area contributed by atoms with Crippen LogP contribution in [0.4, 0.5) is 0 Å². The zero-order valence-corrected chi connectivity index (χ0v) is 8.17. The van der Waals surface area contributed by atoms with Gasteiger partial charge in [-0.3, -0.25) is 0 Å². The van der Waals surface area contributed by atoms with Gasteiger partial charge in [-0.15, -0.1) is 0 Å². The molecule has 13 heavy (non-hydrogen) atoms. The zero-order valence-electron chi connectivity index (χ0n) is 8.17. The van der Waals surface area contributed by atoms with Crippen LogP contribution in [0.3, 0.4) is 0 Å². The fourth-order valence-corrected chi connectivity index (χ4v) is 1.00. The molecule has 1 aromatic carbocycles. The largest absolute Gasteiger partial charge is 0.490 e. The lowest BCUT2D eigenvalue weighted by molar-refractivity contribution is 0.277. The van der Waals surface area contributed by atoms with E-state index in [0.717, 1.165) is 24.5 Å². The van der Waals surface area contributed by atoms with E-state index >= 15 is 0 Å². The van der Waals surface area contributed by atoms with Crippen molar-refractivity contribution in [2.45, 2.75) is 20.3 Å². The molecule has 0 heterocycles. The van der Waals surface area contributed by atoms with E-state index in [4.69, 9.17) is 9.47 Å². The summed E-state index contributed by atoms with van der Waals surface area (Å²) in [5, 5.41) is 0. The van der Waals surface area contributed by atoms with Crippen molar-refractivity contribution >= 4 is 0 Å². The molecule has 1 radical (unpaired) electrons. The van der Waals surface area contributed by atoms with Crippen LogP contribution in [0.5, 0.6) is 11.5 Å². The van der Waals surface area contributed by atoms with Crippen LogP contribution in [-0.2, 0) is 0 Å². The summed E-state index contributed by atoms with van der Waals surface area (Å²) in [7, 11) is 0. The maximum absolute atomic E-state index is 5.49. The number of hydrogen-bond donors (Lipinski definition) is 0. The Bertz CT molecular complexity index is 246. The Morgan fingerprint density at radius 1 is 1.23 bits per heavy atom. The highest BCUT2D eigenvalue weighted by atomic mass is 16.5. The molecule has 0 saturated carbocycles. The molecule has 0 amide bonds. The van der Waals surface area contributed by atoms with Crippen LogP contribution in [0.15, 0.2) is 18.2 Å². The van der Waals surface area contributed by atoms with Crippen molar-refractivity contribution in [1.82, 2.24) is 0 Å². The van der Waals surface area contributed by atoms with E-state index in [1.165, 1.54) is 0 Å². The fourth-order valence-electron chi connectivity index (χ4n) is 1.00. The van der Waals surface area contributed by atoms with E-state index in [1.807, 2.05) is 19.1 Å². The summed E-state index contributed by atoms with van der Waals surface area (Å²) in [6.07, 6.45) is 1.00. The summed E-state index contributed by atoms with van der Waals surface area (Å²) in [6.45, 7) is 5.41. The molecule has 2 nitrogen and oxygen atoms in total. The van der Waals surface area contributed by atoms with Gasteiger partial charge in [0, 0.05) is 0 Å². The molecule has 0 spiro atoms. The van der Waals surface area contributed by atoms with Gasteiger partial charge in [-0.25, -0.2) is 0 Å². The minimum absolute atomic E-state index is 0.653. The van der Waals surface area contributed by atoms with Crippen molar-refractivity contribution in [2.75, 3.05) is 13.2 Å². The lowest BCUT2D eigenvalue weighted by Gasteiger charge is -2.10. The van der Waals surface area contributed by atoms with Gasteiger partial charge in [0.05, 0.1) is 13.2 Å². The minimum atomic E-state index is 0.653. The molecule has 0 fully saturated rings. The van der Waals surface area contributed by atoms with Gasteiger partial charge in [-0.05, 0) is 31.5 Å². The molecule has 1 rings (SSSR count). The van der Waals surface area contributed by atoms with Crippen LogP contribution in [0.1, 0.15) is 20.3 Å². The van der Waals surface area contributed by atoms with E-state index in [2.05, 4.69) is 13.0 Å². The van der Waals surface area contributed by atoms with Crippen molar-refractivity contribution in [3.8, 4) is 11.5 Å². The van der Waals surface area contributed by atoms with E-state index in [0.29, 0.717) is 6.61 Å². The summed E-state index contributed by atoms with van der Waals surface area (Å²) in [5.74, 6) is 1.58. The predicted octanol–water partition coefficient (Wildman–Crippen LogP) is 2.67. The summed E-state index contributed by atoms with van der Waals surface area (Å²) in [4.78, 5) is 0. The number of rotatable bonds is 5. The monoisotopic (exact) mass is 179 g/mol. The van der Waals surface area contributed by atoms with Gasteiger partial charge in [-0.2, -0.15) is 0 Å². The molecule has 2 heteroatoms. The topological polar surface area (TPSA) is 18.5 Å². The molecule has 0 aromatic heterocycles. The Morgan fingerprint density at radius 2 is 2.08 bits per heavy atom. The minimum Gasteiger partial charge on any atom is -0.490 e. The number of ether oxygens (including phenoxy) is 2. The maximum atomic E-state index is 5.49. The molecule has 0 aliphatic heterocycles. The summed E-state index contributed by atoms with van der Waals surface area (Å²) in [5.41, 5.74) is 0. The van der Waals surface area contributed by atoms with E-state index in [9.17, 15) is 0 Å². The first kappa shape index (κ1) is 9.90. The molecule has 71 valence electrons. The highest BCUT2D eigenvalue weighted by Crippen LogP contribution is 2.25. The zero-order chi connectivity index (χ0) is 9.52. The van der Waals surface area contributed by atoms with Crippen molar-refractivity contribution in [1.29, 1.82) is 0 Å². The average Bonchev–Trinajstić information content (AvgIpc) is 2.17. The third-order valence-electron chi connectivity index (χ3n) is 1.55. The number of hydrogen-bond acceptors (Lipinski definition) is 2. The summed E-state index contributed by atoms with van der Waals surface area (Å²) < 4.78 is 10.9. The molecule has 0 aliphatic carbocycles. The van der Waals surface area contributed by atoms with Gasteiger partial charge in [0.2, 0.25) is 0 Å². The smallest absolute Gasteiger partial charge is 0.161 e. The second-order valence-electron chi connectivity index (χ2n) is 2.65. The van der Waals surface area contributed by atoms with Crippen LogP contribution in [0.2, 0.25) is 0 Å². The van der Waals surface area contributed by atoms with Gasteiger partial charge in [0.15, 0.2) is 11.5 Å². The van der Waals surface area contributed by atoms with Crippen LogP contribution >= 0.6 is 0 Å². The first-order valence-corrected chi connectivity index (χ1v) is 4.64. The van der Waals surface area contributed by atoms with Gasteiger partial charge >= 0.3 is 0 Å². The fraction of sp³-hybridized carbons (Fsp3) is 0.455. The molecule has 0 atom stereocenters. The quantitative estimate of drug-likeness (QED) is 0.691. The lowest BCUT2D eigenvalue weighted by Crippen LogP contribution is -1.99. The van der Waals surface area contributed by atoms with Gasteiger partial charge in [0.25, 0.3) is 0 Å². The van der Waals surface area contributed by atoms with Crippen molar-refractivity contribution < 1.29 is 9.47 Å². The van der Waals surface area contributed by atoms with Crippen molar-refractivity contribution in [3.05, 3.63) is 24.3 Å². The lowest BCUT2D eigenvalue weighted by atomic mass is 10.3. The highest BCUT2D eigenvalue weighted by Gasteiger charge is 2.01. The molecule has 0 bridgehead atoms. The molecular formula is C11H15O2. The second-order valence-corrected chi connectivity index (χ2v) is 2.65. The Balaban J connectivity index is 2.66. The van der Waals surface area contributed by atoms with E-state index < -0.39 is 0 Å². The normalized spacial score (nSPS) is 9.69. The maximum Gasteiger partial charge on any atom is 0.161 e. The third-order valence-corrected chi connectivity index (χ3v) is 1.55. The standard InChI is InChI=1S/C11H15O2/c1-3-9-13-11-8-6-5-7-10(11)12-4-2/h6-8H,3-4,9H2,1-2H3. The summed E-state index contributed by atoms with van der Waals surface area (Å²) >= 11 is 0. The van der Waals surface area contributed by atoms with Crippen LogP contribution in [0, 0.1) is 6.07 Å². The molecule has 1 aromatic rings. The Hall–Kier alpha value is -1.18. The SMILES string of the molecule is CCCOc1cc[c]cc1OCC. The Labute approximate surface area is 79.5 Å². The van der Waals surface area contributed by atoms with Gasteiger partial charge in [-0.1, -0.05) is 13.0 Å².